The van der Waals surface area contributed by atoms with Crippen molar-refractivity contribution in [3.63, 3.8) is 0 Å². The Morgan fingerprint density at radius 1 is 1.19 bits per heavy atom. The molecule has 1 rings (SSSR count). The number of nitrogens with one attached hydrogen (secondary N) is 1. The molecule has 26 heavy (non-hydrogen) atoms. The molecule has 1 aromatic carbocycles. The molecular weight excluding hydrogens is 346 g/mol. The van der Waals surface area contributed by atoms with E-state index in [1.807, 2.05) is 43.5 Å². The van der Waals surface area contributed by atoms with Crippen LogP contribution < -0.4 is 5.32 Å². The molecule has 0 unspecified atom stereocenters. The number of nitrogens with zero attached hydrogens (tertiary/aromatic N) is 2. The highest BCUT2D eigenvalue weighted by atomic mass is 32.2. The molecule has 0 atom stereocenters. The Labute approximate surface area is 159 Å². The topological polar surface area (TPSA) is 61.8 Å². The van der Waals surface area contributed by atoms with Crippen LogP contribution in [0.4, 0.5) is 0 Å². The highest BCUT2D eigenvalue weighted by Crippen LogP contribution is 2.07. The van der Waals surface area contributed by atoms with Gasteiger partial charge in [-0.1, -0.05) is 42.8 Å². The summed E-state index contributed by atoms with van der Waals surface area (Å²) < 4.78 is 24.4. The maximum absolute atomic E-state index is 12.2. The Hall–Kier alpha value is -1.82. The van der Waals surface area contributed by atoms with Gasteiger partial charge in [0.25, 0.3) is 0 Å². The van der Waals surface area contributed by atoms with Gasteiger partial charge in [0.2, 0.25) is 0 Å². The van der Waals surface area contributed by atoms with E-state index in [9.17, 15) is 8.42 Å². The van der Waals surface area contributed by atoms with Crippen LogP contribution in [0.1, 0.15) is 37.7 Å². The van der Waals surface area contributed by atoms with E-state index in [1.165, 1.54) is 12.8 Å². The number of hydrogen-bond donors (Lipinski definition) is 1. The summed E-state index contributed by atoms with van der Waals surface area (Å²) in [6.45, 7) is 5.27. The van der Waals surface area contributed by atoms with Crippen LogP contribution in [0.5, 0.6) is 0 Å². The number of hydrogen-bond acceptors (Lipinski definition) is 3. The molecule has 0 aliphatic carbocycles. The standard InChI is InChI=1S/C20H33N3O2S/c1-4-5-6-7-11-16-23(3)20(21-2)22-15-12-17-26(24,25)18-19-13-9-8-10-14-19/h4,8-10,13-14H,1,5-7,11-12,15-18H2,2-3H3,(H,21,22). The second-order valence-corrected chi connectivity index (χ2v) is 8.65. The molecule has 1 N–H and O–H groups in total. The first kappa shape index (κ1) is 22.2. The zero-order valence-corrected chi connectivity index (χ0v) is 17.0. The number of rotatable bonds is 12. The summed E-state index contributed by atoms with van der Waals surface area (Å²) in [5.41, 5.74) is 0.840. The molecule has 0 spiro atoms. The van der Waals surface area contributed by atoms with E-state index in [1.54, 1.807) is 7.05 Å². The highest BCUT2D eigenvalue weighted by Gasteiger charge is 2.12. The van der Waals surface area contributed by atoms with Gasteiger partial charge in [0.15, 0.2) is 15.8 Å². The Morgan fingerprint density at radius 3 is 2.58 bits per heavy atom. The third-order valence-corrected chi connectivity index (χ3v) is 5.80. The molecule has 0 amide bonds. The lowest BCUT2D eigenvalue weighted by Crippen LogP contribution is -2.40. The van der Waals surface area contributed by atoms with E-state index >= 15 is 0 Å². The monoisotopic (exact) mass is 379 g/mol. The first-order chi connectivity index (χ1) is 12.5. The maximum atomic E-state index is 12.2. The van der Waals surface area contributed by atoms with Gasteiger partial charge in [0.1, 0.15) is 0 Å². The lowest BCUT2D eigenvalue weighted by Gasteiger charge is -2.22. The minimum atomic E-state index is -3.08. The van der Waals surface area contributed by atoms with Crippen molar-refractivity contribution in [3.8, 4) is 0 Å². The van der Waals surface area contributed by atoms with Crippen LogP contribution in [-0.4, -0.2) is 52.2 Å². The van der Waals surface area contributed by atoms with Gasteiger partial charge in [0.05, 0.1) is 11.5 Å². The van der Waals surface area contributed by atoms with Crippen LogP contribution >= 0.6 is 0 Å². The summed E-state index contributed by atoms with van der Waals surface area (Å²) >= 11 is 0. The number of aliphatic imine (C=N–C) groups is 1. The molecule has 0 aromatic heterocycles. The largest absolute Gasteiger partial charge is 0.356 e. The van der Waals surface area contributed by atoms with Gasteiger partial charge in [-0.25, -0.2) is 8.42 Å². The van der Waals surface area contributed by atoms with E-state index in [-0.39, 0.29) is 11.5 Å². The lowest BCUT2D eigenvalue weighted by molar-refractivity contribution is 0.455. The fourth-order valence-electron chi connectivity index (χ4n) is 2.70. The van der Waals surface area contributed by atoms with Gasteiger partial charge in [-0.05, 0) is 31.2 Å². The van der Waals surface area contributed by atoms with Crippen molar-refractivity contribution in [2.45, 2.75) is 37.9 Å². The van der Waals surface area contributed by atoms with E-state index < -0.39 is 9.84 Å². The fourth-order valence-corrected chi connectivity index (χ4v) is 4.13. The molecular formula is C20H33N3O2S. The number of unbranched alkanes of at least 4 members (excludes halogenated alkanes) is 3. The summed E-state index contributed by atoms with van der Waals surface area (Å²) in [5.74, 6) is 1.10. The lowest BCUT2D eigenvalue weighted by atomic mass is 10.2. The molecule has 0 aliphatic rings. The van der Waals surface area contributed by atoms with Gasteiger partial charge in [-0.15, -0.1) is 6.58 Å². The molecule has 0 aliphatic heterocycles. The van der Waals surface area contributed by atoms with Gasteiger partial charge >= 0.3 is 0 Å². The zero-order valence-electron chi connectivity index (χ0n) is 16.2. The first-order valence-corrected chi connectivity index (χ1v) is 11.1. The number of sulfone groups is 1. The van der Waals surface area contributed by atoms with Gasteiger partial charge in [-0.3, -0.25) is 4.99 Å². The van der Waals surface area contributed by atoms with E-state index in [0.29, 0.717) is 13.0 Å². The molecule has 0 heterocycles. The average Bonchev–Trinajstić information content (AvgIpc) is 2.62. The van der Waals surface area contributed by atoms with Crippen LogP contribution in [0, 0.1) is 0 Å². The first-order valence-electron chi connectivity index (χ1n) is 9.25. The van der Waals surface area contributed by atoms with Crippen molar-refractivity contribution < 1.29 is 8.42 Å². The van der Waals surface area contributed by atoms with Crippen LogP contribution in [0.25, 0.3) is 0 Å². The molecule has 1 aromatic rings. The maximum Gasteiger partial charge on any atom is 0.193 e. The highest BCUT2D eigenvalue weighted by molar-refractivity contribution is 7.90. The molecule has 0 saturated heterocycles. The van der Waals surface area contributed by atoms with Crippen LogP contribution in [0.15, 0.2) is 48.0 Å². The minimum absolute atomic E-state index is 0.104. The number of benzene rings is 1. The summed E-state index contributed by atoms with van der Waals surface area (Å²) in [4.78, 5) is 6.36. The van der Waals surface area contributed by atoms with E-state index in [4.69, 9.17) is 0 Å². The smallest absolute Gasteiger partial charge is 0.193 e. The number of guanidine groups is 1. The SMILES string of the molecule is C=CCCCCCN(C)C(=NC)NCCCS(=O)(=O)Cc1ccccc1. The van der Waals surface area contributed by atoms with Crippen molar-refractivity contribution in [1.82, 2.24) is 10.2 Å². The molecule has 0 radical (unpaired) electrons. The molecule has 0 saturated carbocycles. The second kappa shape index (κ2) is 12.5. The fraction of sp³-hybridized carbons (Fsp3) is 0.550. The second-order valence-electron chi connectivity index (χ2n) is 6.46. The van der Waals surface area contributed by atoms with E-state index in [2.05, 4.69) is 21.8 Å². The molecule has 0 bridgehead atoms. The Kier molecular flexibility index (Phi) is 10.7. The predicted molar refractivity (Wildman–Crippen MR) is 111 cm³/mol. The van der Waals surface area contributed by atoms with Crippen LogP contribution in [-0.2, 0) is 15.6 Å². The predicted octanol–water partition coefficient (Wildman–Crippen LogP) is 3.25. The van der Waals surface area contributed by atoms with Gasteiger partial charge in [-0.2, -0.15) is 0 Å². The van der Waals surface area contributed by atoms with Crippen LogP contribution in [0.2, 0.25) is 0 Å². The van der Waals surface area contributed by atoms with Crippen LogP contribution in [0.3, 0.4) is 0 Å². The Balaban J connectivity index is 2.28. The molecule has 146 valence electrons. The normalized spacial score (nSPS) is 12.0. The minimum Gasteiger partial charge on any atom is -0.356 e. The van der Waals surface area contributed by atoms with Crippen molar-refractivity contribution in [2.24, 2.45) is 4.99 Å². The third-order valence-electron chi connectivity index (χ3n) is 4.12. The quantitative estimate of drug-likeness (QED) is 0.262. The Bertz CT molecular complexity index is 642. The summed E-state index contributed by atoms with van der Waals surface area (Å²) in [5, 5.41) is 3.25. The summed E-state index contributed by atoms with van der Waals surface area (Å²) in [6, 6.07) is 9.32. The molecule has 5 nitrogen and oxygen atoms in total. The molecule has 0 fully saturated rings. The number of allylic oxidation sites excluding steroid dienone is 1. The summed E-state index contributed by atoms with van der Waals surface area (Å²) in [7, 11) is 0.677. The molecule has 6 heteroatoms. The average molecular weight is 380 g/mol. The van der Waals surface area contributed by atoms with Gasteiger partial charge < -0.3 is 10.2 Å². The summed E-state index contributed by atoms with van der Waals surface area (Å²) in [6.07, 6.45) is 7.04. The van der Waals surface area contributed by atoms with Crippen molar-refractivity contribution >= 4 is 15.8 Å². The van der Waals surface area contributed by atoms with Crippen molar-refractivity contribution in [3.05, 3.63) is 48.6 Å². The Morgan fingerprint density at radius 2 is 1.92 bits per heavy atom. The van der Waals surface area contributed by atoms with Gasteiger partial charge in [0, 0.05) is 27.2 Å². The van der Waals surface area contributed by atoms with Crippen molar-refractivity contribution in [2.75, 3.05) is 32.9 Å². The third kappa shape index (κ3) is 9.61. The van der Waals surface area contributed by atoms with Crippen molar-refractivity contribution in [1.29, 1.82) is 0 Å². The van der Waals surface area contributed by atoms with E-state index in [0.717, 1.165) is 30.9 Å². The zero-order chi connectivity index (χ0) is 19.3.